The number of aromatic hydroxyl groups is 1. The molecule has 0 aliphatic heterocycles. The van der Waals surface area contributed by atoms with Crippen LogP contribution in [-0.4, -0.2) is 32.7 Å². The molecule has 0 saturated carbocycles. The number of carbonyl (C=O) groups is 1. The van der Waals surface area contributed by atoms with Crippen LogP contribution in [0.4, 0.5) is 5.95 Å². The number of aryl methyl sites for hydroxylation is 3. The molecule has 0 radical (unpaired) electrons. The van der Waals surface area contributed by atoms with Crippen molar-refractivity contribution in [2.75, 3.05) is 11.9 Å². The zero-order valence-electron chi connectivity index (χ0n) is 13.3. The Kier molecular flexibility index (Phi) is 5.51. The van der Waals surface area contributed by atoms with E-state index in [-0.39, 0.29) is 11.3 Å². The van der Waals surface area contributed by atoms with E-state index >= 15 is 0 Å². The van der Waals surface area contributed by atoms with Gasteiger partial charge in [0.1, 0.15) is 11.3 Å². The van der Waals surface area contributed by atoms with Gasteiger partial charge in [-0.3, -0.25) is 0 Å². The van der Waals surface area contributed by atoms with Gasteiger partial charge >= 0.3 is 5.97 Å². The number of hydrogen-bond donors (Lipinski definition) is 3. The van der Waals surface area contributed by atoms with Crippen LogP contribution in [0.3, 0.4) is 0 Å². The van der Waals surface area contributed by atoms with Crippen molar-refractivity contribution in [3.8, 4) is 5.75 Å². The molecule has 0 saturated heterocycles. The summed E-state index contributed by atoms with van der Waals surface area (Å²) in [6, 6.07) is 7.19. The third-order valence-electron chi connectivity index (χ3n) is 3.55. The topological polar surface area (TPSA) is 95.3 Å². The second-order valence-corrected chi connectivity index (χ2v) is 5.31. The van der Waals surface area contributed by atoms with Crippen LogP contribution in [-0.2, 0) is 12.8 Å². The van der Waals surface area contributed by atoms with Crippen LogP contribution in [0.25, 0.3) is 0 Å². The molecule has 122 valence electrons. The lowest BCUT2D eigenvalue weighted by Crippen LogP contribution is -2.14. The highest BCUT2D eigenvalue weighted by molar-refractivity contribution is 5.90. The molecular weight excluding hydrogens is 294 g/mol. The van der Waals surface area contributed by atoms with E-state index in [1.165, 1.54) is 0 Å². The van der Waals surface area contributed by atoms with Crippen LogP contribution in [0.15, 0.2) is 24.3 Å². The van der Waals surface area contributed by atoms with Crippen molar-refractivity contribution in [1.29, 1.82) is 0 Å². The molecule has 0 aliphatic rings. The highest BCUT2D eigenvalue weighted by Crippen LogP contribution is 2.15. The number of nitrogens with one attached hydrogen (secondary N) is 1. The van der Waals surface area contributed by atoms with Gasteiger partial charge in [-0.15, -0.1) is 0 Å². The second-order valence-electron chi connectivity index (χ2n) is 5.31. The lowest BCUT2D eigenvalue weighted by molar-refractivity contribution is 0.0694. The molecule has 1 aromatic heterocycles. The SMILES string of the molecule is CCc1nc(NCCCc2cccc(O)c2)nc(C)c1C(=O)O. The Labute approximate surface area is 135 Å². The van der Waals surface area contributed by atoms with Crippen LogP contribution < -0.4 is 5.32 Å². The summed E-state index contributed by atoms with van der Waals surface area (Å²) < 4.78 is 0. The number of phenolic OH excluding ortho intramolecular Hbond substituents is 1. The molecule has 0 fully saturated rings. The van der Waals surface area contributed by atoms with Crippen LogP contribution in [0.5, 0.6) is 5.75 Å². The number of anilines is 1. The normalized spacial score (nSPS) is 10.5. The number of rotatable bonds is 7. The first-order chi connectivity index (χ1) is 11.0. The predicted molar refractivity (Wildman–Crippen MR) is 88.0 cm³/mol. The summed E-state index contributed by atoms with van der Waals surface area (Å²) in [6.07, 6.45) is 2.23. The maximum atomic E-state index is 11.2. The molecular formula is C17H21N3O3. The van der Waals surface area contributed by atoms with Crippen molar-refractivity contribution < 1.29 is 15.0 Å². The molecule has 6 heteroatoms. The summed E-state index contributed by atoms with van der Waals surface area (Å²) >= 11 is 0. The molecule has 2 aromatic rings. The lowest BCUT2D eigenvalue weighted by Gasteiger charge is -2.10. The molecule has 6 nitrogen and oxygen atoms in total. The smallest absolute Gasteiger partial charge is 0.339 e. The fraction of sp³-hybridized carbons (Fsp3) is 0.353. The van der Waals surface area contributed by atoms with Crippen LogP contribution >= 0.6 is 0 Å². The Morgan fingerprint density at radius 1 is 1.30 bits per heavy atom. The van der Waals surface area contributed by atoms with E-state index in [2.05, 4.69) is 15.3 Å². The van der Waals surface area contributed by atoms with Gasteiger partial charge in [-0.2, -0.15) is 0 Å². The van der Waals surface area contributed by atoms with Crippen molar-refractivity contribution in [3.05, 3.63) is 46.8 Å². The highest BCUT2D eigenvalue weighted by Gasteiger charge is 2.16. The molecule has 3 N–H and O–H groups in total. The summed E-state index contributed by atoms with van der Waals surface area (Å²) in [5, 5.41) is 21.8. The zero-order valence-corrected chi connectivity index (χ0v) is 13.3. The van der Waals surface area contributed by atoms with Gasteiger partial charge in [0.2, 0.25) is 5.95 Å². The maximum Gasteiger partial charge on any atom is 0.339 e. The number of phenols is 1. The molecule has 2 rings (SSSR count). The monoisotopic (exact) mass is 315 g/mol. The molecule has 0 atom stereocenters. The van der Waals surface area contributed by atoms with E-state index in [4.69, 9.17) is 0 Å². The van der Waals surface area contributed by atoms with E-state index < -0.39 is 5.97 Å². The minimum absolute atomic E-state index is 0.192. The molecule has 0 bridgehead atoms. The van der Waals surface area contributed by atoms with Gasteiger partial charge < -0.3 is 15.5 Å². The minimum atomic E-state index is -0.991. The third kappa shape index (κ3) is 4.42. The Morgan fingerprint density at radius 2 is 2.09 bits per heavy atom. The van der Waals surface area contributed by atoms with Gasteiger partial charge in [0.15, 0.2) is 0 Å². The largest absolute Gasteiger partial charge is 0.508 e. The van der Waals surface area contributed by atoms with E-state index in [1.807, 2.05) is 19.1 Å². The fourth-order valence-electron chi connectivity index (χ4n) is 2.45. The molecule has 0 amide bonds. The van der Waals surface area contributed by atoms with Gasteiger partial charge in [-0.05, 0) is 43.9 Å². The quantitative estimate of drug-likeness (QED) is 0.680. The molecule has 23 heavy (non-hydrogen) atoms. The van der Waals surface area contributed by atoms with Crippen molar-refractivity contribution in [3.63, 3.8) is 0 Å². The Bertz CT molecular complexity index is 701. The van der Waals surface area contributed by atoms with Crippen molar-refractivity contribution >= 4 is 11.9 Å². The van der Waals surface area contributed by atoms with Crippen LogP contribution in [0.1, 0.15) is 40.7 Å². The average molecular weight is 315 g/mol. The van der Waals surface area contributed by atoms with Gasteiger partial charge in [-0.25, -0.2) is 14.8 Å². The third-order valence-corrected chi connectivity index (χ3v) is 3.55. The van der Waals surface area contributed by atoms with Crippen molar-refractivity contribution in [2.24, 2.45) is 0 Å². The minimum Gasteiger partial charge on any atom is -0.508 e. The standard InChI is InChI=1S/C17H21N3O3/c1-3-14-15(16(22)23)11(2)19-17(20-14)18-9-5-7-12-6-4-8-13(21)10-12/h4,6,8,10,21H,3,5,7,9H2,1-2H3,(H,22,23)(H,18,19,20). The van der Waals surface area contributed by atoms with Gasteiger partial charge in [0, 0.05) is 6.54 Å². The first kappa shape index (κ1) is 16.7. The Hall–Kier alpha value is -2.63. The van der Waals surface area contributed by atoms with Gasteiger partial charge in [0.25, 0.3) is 0 Å². The number of benzene rings is 1. The van der Waals surface area contributed by atoms with Gasteiger partial charge in [0.05, 0.1) is 11.4 Å². The van der Waals surface area contributed by atoms with E-state index in [0.717, 1.165) is 18.4 Å². The highest BCUT2D eigenvalue weighted by atomic mass is 16.4. The first-order valence-electron chi connectivity index (χ1n) is 7.63. The predicted octanol–water partition coefficient (Wildman–Crippen LogP) is 2.80. The number of aromatic nitrogens is 2. The van der Waals surface area contributed by atoms with E-state index in [0.29, 0.717) is 30.3 Å². The Balaban J connectivity index is 1.96. The zero-order chi connectivity index (χ0) is 16.8. The summed E-state index contributed by atoms with van der Waals surface area (Å²) in [5.41, 5.74) is 2.28. The van der Waals surface area contributed by atoms with Crippen LogP contribution in [0, 0.1) is 6.92 Å². The summed E-state index contributed by atoms with van der Waals surface area (Å²) in [7, 11) is 0. The number of hydrogen-bond acceptors (Lipinski definition) is 5. The molecule has 0 unspecified atom stereocenters. The van der Waals surface area contributed by atoms with E-state index in [9.17, 15) is 15.0 Å². The summed E-state index contributed by atoms with van der Waals surface area (Å²) in [4.78, 5) is 19.7. The van der Waals surface area contributed by atoms with Gasteiger partial charge in [-0.1, -0.05) is 19.1 Å². The number of carboxylic acid groups (broad SMARTS) is 1. The van der Waals surface area contributed by atoms with Crippen LogP contribution in [0.2, 0.25) is 0 Å². The number of aromatic carboxylic acids is 1. The van der Waals surface area contributed by atoms with E-state index in [1.54, 1.807) is 19.1 Å². The first-order valence-corrected chi connectivity index (χ1v) is 7.63. The average Bonchev–Trinajstić information content (AvgIpc) is 2.50. The maximum absolute atomic E-state index is 11.2. The Morgan fingerprint density at radius 3 is 2.74 bits per heavy atom. The fourth-order valence-corrected chi connectivity index (χ4v) is 2.45. The molecule has 1 heterocycles. The molecule has 1 aromatic carbocycles. The second kappa shape index (κ2) is 7.58. The lowest BCUT2D eigenvalue weighted by atomic mass is 10.1. The molecule has 0 spiro atoms. The molecule has 0 aliphatic carbocycles. The number of carboxylic acids is 1. The van der Waals surface area contributed by atoms with Crippen molar-refractivity contribution in [2.45, 2.75) is 33.1 Å². The van der Waals surface area contributed by atoms with Crippen molar-refractivity contribution in [1.82, 2.24) is 9.97 Å². The summed E-state index contributed by atoms with van der Waals surface area (Å²) in [5.74, 6) is -0.263. The summed E-state index contributed by atoms with van der Waals surface area (Å²) in [6.45, 7) is 4.23. The number of nitrogens with zero attached hydrogens (tertiary/aromatic N) is 2.